The average Bonchev–Trinajstić information content (AvgIpc) is 3.23. The van der Waals surface area contributed by atoms with Gasteiger partial charge >= 0.3 is 0 Å². The summed E-state index contributed by atoms with van der Waals surface area (Å²) >= 11 is 0. The van der Waals surface area contributed by atoms with Crippen molar-refractivity contribution < 1.29 is 13.5 Å². The second-order valence-electron chi connectivity index (χ2n) is 5.56. The van der Waals surface area contributed by atoms with E-state index in [1.807, 2.05) is 22.5 Å². The van der Waals surface area contributed by atoms with Crippen molar-refractivity contribution in [3.8, 4) is 0 Å². The second-order valence-corrected chi connectivity index (χ2v) is 7.05. The first kappa shape index (κ1) is 14.9. The van der Waals surface area contributed by atoms with Gasteiger partial charge in [0.05, 0.1) is 6.20 Å². The Morgan fingerprint density at radius 1 is 1.21 bits per heavy atom. The summed E-state index contributed by atoms with van der Waals surface area (Å²) in [5.74, 6) is 0.495. The predicted molar refractivity (Wildman–Crippen MR) is 93.4 cm³/mol. The third kappa shape index (κ3) is 2.78. The smallest absolute Gasteiger partial charge is 0.255 e. The number of nitrogens with zero attached hydrogens (tertiary/aromatic N) is 2. The van der Waals surface area contributed by atoms with E-state index >= 15 is 0 Å². The van der Waals surface area contributed by atoms with Gasteiger partial charge in [0, 0.05) is 40.7 Å². The molecule has 0 spiro atoms. The third-order valence-electron chi connectivity index (χ3n) is 3.96. The predicted octanol–water partition coefficient (Wildman–Crippen LogP) is 2.95. The van der Waals surface area contributed by atoms with Crippen LogP contribution in [0.25, 0.3) is 11.0 Å². The Morgan fingerprint density at radius 2 is 2.04 bits per heavy atom. The maximum absolute atomic E-state index is 12.4. The first-order chi connectivity index (χ1) is 11.7. The maximum atomic E-state index is 12.4. The first-order valence-corrected chi connectivity index (χ1v) is 8.90. The van der Waals surface area contributed by atoms with Crippen LogP contribution in [0.1, 0.15) is 16.8 Å². The molecule has 2 heterocycles. The van der Waals surface area contributed by atoms with Crippen molar-refractivity contribution in [3.05, 3.63) is 54.2 Å². The number of carbonyl (C=O) groups is 1. The Hall–Kier alpha value is -2.67. The fraction of sp³-hybridized carbons (Fsp3) is 0.176. The van der Waals surface area contributed by atoms with Crippen molar-refractivity contribution in [3.63, 3.8) is 0 Å². The highest BCUT2D eigenvalue weighted by Crippen LogP contribution is 2.23. The van der Waals surface area contributed by atoms with E-state index in [1.165, 1.54) is 0 Å². The Morgan fingerprint density at radius 3 is 2.79 bits per heavy atom. The second kappa shape index (κ2) is 6.09. The van der Waals surface area contributed by atoms with Gasteiger partial charge in [-0.3, -0.25) is 9.10 Å². The molecule has 1 fully saturated rings. The summed E-state index contributed by atoms with van der Waals surface area (Å²) in [5.41, 5.74) is 2.69. The van der Waals surface area contributed by atoms with E-state index in [2.05, 4.69) is 10.5 Å². The highest BCUT2D eigenvalue weighted by molar-refractivity contribution is 7.86. The number of hydrogen-bond acceptors (Lipinski definition) is 4. The lowest BCUT2D eigenvalue weighted by Crippen LogP contribution is -2.19. The number of aromatic nitrogens is 1. The highest BCUT2D eigenvalue weighted by Gasteiger charge is 2.20. The first-order valence-electron chi connectivity index (χ1n) is 7.62. The van der Waals surface area contributed by atoms with Crippen LogP contribution in [-0.2, 0) is 11.0 Å². The molecule has 4 rings (SSSR count). The van der Waals surface area contributed by atoms with E-state index < -0.39 is 11.0 Å². The molecule has 0 aliphatic carbocycles. The van der Waals surface area contributed by atoms with Gasteiger partial charge in [0.15, 0.2) is 5.58 Å². The summed E-state index contributed by atoms with van der Waals surface area (Å²) in [6.45, 7) is 0.787. The van der Waals surface area contributed by atoms with Gasteiger partial charge in [-0.2, -0.15) is 0 Å². The fourth-order valence-electron chi connectivity index (χ4n) is 2.71. The molecule has 6 nitrogen and oxygen atoms in total. The summed E-state index contributed by atoms with van der Waals surface area (Å²) in [5, 5.41) is 7.44. The Labute approximate surface area is 141 Å². The average molecular weight is 341 g/mol. The number of rotatable bonds is 3. The fourth-order valence-corrected chi connectivity index (χ4v) is 4.00. The molecule has 0 radical (unpaired) electrons. The van der Waals surface area contributed by atoms with E-state index in [0.29, 0.717) is 22.6 Å². The van der Waals surface area contributed by atoms with Crippen molar-refractivity contribution in [2.75, 3.05) is 21.9 Å². The molecule has 122 valence electrons. The molecule has 1 N–H and O–H groups in total. The maximum Gasteiger partial charge on any atom is 0.255 e. The van der Waals surface area contributed by atoms with Crippen molar-refractivity contribution in [1.82, 2.24) is 5.16 Å². The van der Waals surface area contributed by atoms with Gasteiger partial charge in [0.2, 0.25) is 0 Å². The summed E-state index contributed by atoms with van der Waals surface area (Å²) in [6, 6.07) is 12.5. The van der Waals surface area contributed by atoms with Gasteiger partial charge in [-0.1, -0.05) is 5.16 Å². The number of fused-ring (bicyclic) bond motifs is 1. The molecule has 1 unspecified atom stereocenters. The number of amides is 1. The van der Waals surface area contributed by atoms with Gasteiger partial charge in [-0.25, -0.2) is 4.21 Å². The third-order valence-corrected chi connectivity index (χ3v) is 5.48. The monoisotopic (exact) mass is 341 g/mol. The zero-order chi connectivity index (χ0) is 16.5. The minimum atomic E-state index is -0.953. The summed E-state index contributed by atoms with van der Waals surface area (Å²) in [4.78, 5) is 12.4. The zero-order valence-corrected chi connectivity index (χ0v) is 13.6. The van der Waals surface area contributed by atoms with E-state index in [0.717, 1.165) is 24.0 Å². The standard InChI is InChI=1S/C17H15N3O3S/c21-17(19-14-5-2-13-11-18-23-16(13)10-14)12-3-6-15(7-4-12)20-8-1-9-24(20)22/h2-7,10-11H,1,8-9H2,(H,19,21). The van der Waals surface area contributed by atoms with Crippen molar-refractivity contribution in [2.45, 2.75) is 6.42 Å². The molecule has 0 bridgehead atoms. The molecular weight excluding hydrogens is 326 g/mol. The topological polar surface area (TPSA) is 75.4 Å². The molecule has 3 aromatic rings. The minimum absolute atomic E-state index is 0.206. The lowest BCUT2D eigenvalue weighted by molar-refractivity contribution is 0.102. The van der Waals surface area contributed by atoms with Crippen LogP contribution in [0.2, 0.25) is 0 Å². The molecule has 24 heavy (non-hydrogen) atoms. The summed E-state index contributed by atoms with van der Waals surface area (Å²) < 4.78 is 18.8. The van der Waals surface area contributed by atoms with Crippen molar-refractivity contribution in [2.24, 2.45) is 0 Å². The SMILES string of the molecule is O=C(Nc1ccc2cnoc2c1)c1ccc(N2CCCS2=O)cc1. The lowest BCUT2D eigenvalue weighted by Gasteiger charge is -2.16. The number of anilines is 2. The van der Waals surface area contributed by atoms with Gasteiger partial charge in [0.25, 0.3) is 5.91 Å². The normalized spacial score (nSPS) is 17.3. The minimum Gasteiger partial charge on any atom is -0.356 e. The van der Waals surface area contributed by atoms with Crippen LogP contribution in [-0.4, -0.2) is 27.6 Å². The van der Waals surface area contributed by atoms with E-state index in [9.17, 15) is 9.00 Å². The number of nitrogens with one attached hydrogen (secondary N) is 1. The van der Waals surface area contributed by atoms with E-state index in [-0.39, 0.29) is 5.91 Å². The van der Waals surface area contributed by atoms with Crippen molar-refractivity contribution in [1.29, 1.82) is 0 Å². The van der Waals surface area contributed by atoms with Gasteiger partial charge < -0.3 is 9.84 Å². The van der Waals surface area contributed by atoms with Crippen LogP contribution in [0, 0.1) is 0 Å². The molecule has 1 aliphatic rings. The van der Waals surface area contributed by atoms with Gasteiger partial charge in [0.1, 0.15) is 11.0 Å². The Balaban J connectivity index is 1.50. The van der Waals surface area contributed by atoms with Crippen LogP contribution < -0.4 is 9.62 Å². The quantitative estimate of drug-likeness (QED) is 0.795. The molecule has 7 heteroatoms. The molecular formula is C17H15N3O3S. The van der Waals surface area contributed by atoms with E-state index in [4.69, 9.17) is 4.52 Å². The lowest BCUT2D eigenvalue weighted by atomic mass is 10.2. The van der Waals surface area contributed by atoms with Crippen LogP contribution >= 0.6 is 0 Å². The zero-order valence-electron chi connectivity index (χ0n) is 12.8. The van der Waals surface area contributed by atoms with Crippen LogP contribution in [0.4, 0.5) is 11.4 Å². The Bertz CT molecular complexity index is 920. The van der Waals surface area contributed by atoms with E-state index in [1.54, 1.807) is 30.5 Å². The molecule has 1 atom stereocenters. The molecule has 1 amide bonds. The number of carbonyl (C=O) groups excluding carboxylic acids is 1. The van der Waals surface area contributed by atoms with Gasteiger partial charge in [-0.05, 0) is 42.8 Å². The molecule has 1 saturated heterocycles. The molecule has 1 aliphatic heterocycles. The Kier molecular flexibility index (Phi) is 3.78. The summed E-state index contributed by atoms with van der Waals surface area (Å²) in [6.07, 6.45) is 2.56. The van der Waals surface area contributed by atoms with Gasteiger partial charge in [-0.15, -0.1) is 0 Å². The number of benzene rings is 2. The molecule has 2 aromatic carbocycles. The highest BCUT2D eigenvalue weighted by atomic mass is 32.2. The largest absolute Gasteiger partial charge is 0.356 e. The number of hydrogen-bond donors (Lipinski definition) is 1. The van der Waals surface area contributed by atoms with Crippen molar-refractivity contribution >= 4 is 39.2 Å². The van der Waals surface area contributed by atoms with Crippen LogP contribution in [0.15, 0.2) is 53.2 Å². The van der Waals surface area contributed by atoms with Crippen LogP contribution in [0.3, 0.4) is 0 Å². The molecule has 0 saturated carbocycles. The summed E-state index contributed by atoms with van der Waals surface area (Å²) in [7, 11) is -0.953. The van der Waals surface area contributed by atoms with Crippen LogP contribution in [0.5, 0.6) is 0 Å². The molecule has 1 aromatic heterocycles.